The summed E-state index contributed by atoms with van der Waals surface area (Å²) >= 11 is 0. The zero-order chi connectivity index (χ0) is 25.9. The third-order valence-corrected chi connectivity index (χ3v) is 6.17. The summed E-state index contributed by atoms with van der Waals surface area (Å²) in [4.78, 5) is 40.0. The van der Waals surface area contributed by atoms with E-state index in [1.807, 2.05) is 43.3 Å². The van der Waals surface area contributed by atoms with Gasteiger partial charge in [-0.2, -0.15) is 0 Å². The lowest BCUT2D eigenvalue weighted by Crippen LogP contribution is -2.24. The minimum Gasteiger partial charge on any atom is -0.497 e. The molecule has 4 aromatic rings. The van der Waals surface area contributed by atoms with E-state index in [9.17, 15) is 14.4 Å². The maximum absolute atomic E-state index is 13.6. The zero-order valence-electron chi connectivity index (χ0n) is 20.4. The molecule has 6 nitrogen and oxygen atoms in total. The third-order valence-electron chi connectivity index (χ3n) is 6.17. The van der Waals surface area contributed by atoms with Crippen molar-refractivity contribution in [3.05, 3.63) is 124 Å². The van der Waals surface area contributed by atoms with Crippen molar-refractivity contribution in [1.29, 1.82) is 0 Å². The van der Waals surface area contributed by atoms with Crippen molar-refractivity contribution in [2.75, 3.05) is 17.7 Å². The molecule has 0 fully saturated rings. The number of ketones is 2. The normalized spacial score (nSPS) is 12.2. The molecule has 37 heavy (non-hydrogen) atoms. The molecule has 0 saturated carbocycles. The van der Waals surface area contributed by atoms with Gasteiger partial charge in [0.15, 0.2) is 11.6 Å². The fraction of sp³-hybridized carbons (Fsp3) is 0.0645. The van der Waals surface area contributed by atoms with Crippen molar-refractivity contribution in [2.24, 2.45) is 0 Å². The number of ether oxygens (including phenoxy) is 1. The number of rotatable bonds is 6. The quantitative estimate of drug-likeness (QED) is 0.279. The Morgan fingerprint density at radius 1 is 0.784 bits per heavy atom. The van der Waals surface area contributed by atoms with Crippen molar-refractivity contribution in [1.82, 2.24) is 0 Å². The van der Waals surface area contributed by atoms with E-state index in [1.165, 1.54) is 6.08 Å². The molecular formula is C31H24N2O4. The van der Waals surface area contributed by atoms with Gasteiger partial charge in [0.1, 0.15) is 5.75 Å². The molecule has 1 aliphatic rings. The first-order valence-corrected chi connectivity index (χ1v) is 11.8. The molecule has 0 bridgehead atoms. The zero-order valence-corrected chi connectivity index (χ0v) is 20.4. The van der Waals surface area contributed by atoms with Crippen molar-refractivity contribution in [3.63, 3.8) is 0 Å². The first-order valence-electron chi connectivity index (χ1n) is 11.8. The highest BCUT2D eigenvalue weighted by Crippen LogP contribution is 2.37. The van der Waals surface area contributed by atoms with Gasteiger partial charge in [-0.15, -0.1) is 0 Å². The minimum atomic E-state index is -0.420. The molecule has 0 aromatic heterocycles. The summed E-state index contributed by atoms with van der Waals surface area (Å²) in [6.07, 6.45) is 3.05. The Hall–Kier alpha value is -4.97. The third kappa shape index (κ3) is 4.77. The van der Waals surface area contributed by atoms with Crippen molar-refractivity contribution >= 4 is 40.6 Å². The number of anilines is 3. The molecule has 0 unspecified atom stereocenters. The minimum absolute atomic E-state index is 0.174. The summed E-state index contributed by atoms with van der Waals surface area (Å²) in [5.41, 5.74) is 4.51. The Morgan fingerprint density at radius 3 is 2.08 bits per heavy atom. The van der Waals surface area contributed by atoms with Gasteiger partial charge in [0.05, 0.1) is 29.6 Å². The number of methoxy groups -OCH3 is 1. The van der Waals surface area contributed by atoms with Gasteiger partial charge in [0.2, 0.25) is 5.91 Å². The van der Waals surface area contributed by atoms with Gasteiger partial charge in [-0.1, -0.05) is 48.5 Å². The van der Waals surface area contributed by atoms with Crippen LogP contribution in [0.3, 0.4) is 0 Å². The number of amides is 1. The molecule has 2 N–H and O–H groups in total. The van der Waals surface area contributed by atoms with Crippen LogP contribution in [0.2, 0.25) is 0 Å². The SMILES string of the molecule is COc1ccc(C=CC(=O)Nc2ccc(Nc3cccc(C)c3)c3c2C(=O)c2ccccc2C3=O)cc1. The number of nitrogens with one attached hydrogen (secondary N) is 2. The fourth-order valence-corrected chi connectivity index (χ4v) is 4.37. The standard InChI is InChI=1S/C31H24N2O4/c1-19-6-5-7-21(18-19)32-25-15-16-26(33-27(34)17-12-20-10-13-22(37-2)14-11-20)29-28(25)30(35)23-8-3-4-9-24(23)31(29)36/h3-18,32H,1-2H3,(H,33,34). The smallest absolute Gasteiger partial charge is 0.248 e. The Bertz CT molecular complexity index is 1570. The van der Waals surface area contributed by atoms with Crippen LogP contribution < -0.4 is 15.4 Å². The van der Waals surface area contributed by atoms with Crippen molar-refractivity contribution < 1.29 is 19.1 Å². The maximum Gasteiger partial charge on any atom is 0.248 e. The molecule has 0 atom stereocenters. The molecular weight excluding hydrogens is 464 g/mol. The van der Waals surface area contributed by atoms with Gasteiger partial charge >= 0.3 is 0 Å². The number of hydrogen-bond donors (Lipinski definition) is 2. The predicted molar refractivity (Wildman–Crippen MR) is 145 cm³/mol. The van der Waals surface area contributed by atoms with Gasteiger partial charge in [-0.25, -0.2) is 0 Å². The summed E-state index contributed by atoms with van der Waals surface area (Å²) in [6, 6.07) is 25.1. The highest BCUT2D eigenvalue weighted by atomic mass is 16.5. The largest absolute Gasteiger partial charge is 0.497 e. The Morgan fingerprint density at radius 2 is 1.43 bits per heavy atom. The molecule has 182 valence electrons. The number of carbonyl (C=O) groups excluding carboxylic acids is 3. The van der Waals surface area contributed by atoms with Crippen LogP contribution in [-0.2, 0) is 4.79 Å². The molecule has 4 aromatic carbocycles. The van der Waals surface area contributed by atoms with Crippen LogP contribution in [0, 0.1) is 6.92 Å². The molecule has 0 spiro atoms. The lowest BCUT2D eigenvalue weighted by atomic mass is 9.82. The second kappa shape index (κ2) is 9.95. The van der Waals surface area contributed by atoms with E-state index in [1.54, 1.807) is 61.7 Å². The first kappa shape index (κ1) is 23.8. The average Bonchev–Trinajstić information content (AvgIpc) is 2.91. The second-order valence-corrected chi connectivity index (χ2v) is 8.70. The van der Waals surface area contributed by atoms with Gasteiger partial charge < -0.3 is 15.4 Å². The van der Waals surface area contributed by atoms with E-state index in [2.05, 4.69) is 10.6 Å². The second-order valence-electron chi connectivity index (χ2n) is 8.70. The van der Waals surface area contributed by atoms with Crippen LogP contribution in [0.1, 0.15) is 43.0 Å². The Labute approximate surface area is 214 Å². The number of carbonyl (C=O) groups is 3. The number of fused-ring (bicyclic) bond motifs is 2. The summed E-state index contributed by atoms with van der Waals surface area (Å²) in [6.45, 7) is 1.98. The topological polar surface area (TPSA) is 84.5 Å². The summed E-state index contributed by atoms with van der Waals surface area (Å²) < 4.78 is 5.16. The molecule has 0 saturated heterocycles. The summed E-state index contributed by atoms with van der Waals surface area (Å²) in [5, 5.41) is 6.07. The van der Waals surface area contributed by atoms with Crippen LogP contribution in [0.25, 0.3) is 6.08 Å². The lowest BCUT2D eigenvalue weighted by molar-refractivity contribution is -0.111. The van der Waals surface area contributed by atoms with Gasteiger partial charge in [0.25, 0.3) is 0 Å². The molecule has 1 aliphatic carbocycles. The Kier molecular flexibility index (Phi) is 6.39. The monoisotopic (exact) mass is 488 g/mol. The maximum atomic E-state index is 13.6. The van der Waals surface area contributed by atoms with E-state index in [0.29, 0.717) is 16.8 Å². The van der Waals surface area contributed by atoms with Crippen LogP contribution in [0.5, 0.6) is 5.75 Å². The van der Waals surface area contributed by atoms with Crippen LogP contribution in [0.4, 0.5) is 17.1 Å². The molecule has 6 heteroatoms. The van der Waals surface area contributed by atoms with Gasteiger partial charge in [-0.3, -0.25) is 14.4 Å². The molecule has 0 aliphatic heterocycles. The highest BCUT2D eigenvalue weighted by molar-refractivity contribution is 6.32. The molecule has 0 heterocycles. The van der Waals surface area contributed by atoms with Crippen LogP contribution >= 0.6 is 0 Å². The summed E-state index contributed by atoms with van der Waals surface area (Å²) in [5.74, 6) is -0.287. The fourth-order valence-electron chi connectivity index (χ4n) is 4.37. The highest BCUT2D eigenvalue weighted by Gasteiger charge is 2.34. The molecule has 5 rings (SSSR count). The number of aryl methyl sites for hydroxylation is 1. The van der Waals surface area contributed by atoms with Gasteiger partial charge in [-0.05, 0) is 60.5 Å². The van der Waals surface area contributed by atoms with E-state index in [0.717, 1.165) is 22.6 Å². The van der Waals surface area contributed by atoms with Crippen LogP contribution in [0.15, 0.2) is 91.0 Å². The number of hydrogen-bond acceptors (Lipinski definition) is 5. The van der Waals surface area contributed by atoms with E-state index in [4.69, 9.17) is 4.74 Å². The first-order chi connectivity index (χ1) is 17.9. The van der Waals surface area contributed by atoms with E-state index in [-0.39, 0.29) is 28.4 Å². The number of benzene rings is 4. The van der Waals surface area contributed by atoms with Crippen molar-refractivity contribution in [3.8, 4) is 5.75 Å². The summed E-state index contributed by atoms with van der Waals surface area (Å²) in [7, 11) is 1.59. The van der Waals surface area contributed by atoms with Crippen molar-refractivity contribution in [2.45, 2.75) is 6.92 Å². The predicted octanol–water partition coefficient (Wildman–Crippen LogP) is 6.17. The molecule has 1 amide bonds. The molecule has 0 radical (unpaired) electrons. The van der Waals surface area contributed by atoms with Crippen LogP contribution in [-0.4, -0.2) is 24.6 Å². The lowest BCUT2D eigenvalue weighted by Gasteiger charge is -2.23. The Balaban J connectivity index is 1.52. The van der Waals surface area contributed by atoms with Gasteiger partial charge in [0, 0.05) is 22.9 Å². The van der Waals surface area contributed by atoms with E-state index >= 15 is 0 Å². The van der Waals surface area contributed by atoms with E-state index < -0.39 is 5.91 Å². The average molecular weight is 489 g/mol.